The van der Waals surface area contributed by atoms with Gasteiger partial charge in [-0.15, -0.1) is 6.42 Å². The van der Waals surface area contributed by atoms with Crippen LogP contribution in [0.5, 0.6) is 11.8 Å². The molecule has 5 heterocycles. The summed E-state index contributed by atoms with van der Waals surface area (Å²) in [7, 11) is 0. The molecule has 8 nitrogen and oxygen atoms in total. The number of hydrogen-bond acceptors (Lipinski definition) is 8. The molecule has 3 fully saturated rings. The number of aryl methyl sites for hydroxylation is 1. The topological polar surface area (TPSA) is 91.9 Å². The zero-order valence-electron chi connectivity index (χ0n) is 22.5. The monoisotopic (exact) mass is 558 g/mol. The first-order chi connectivity index (χ1) is 19.8. The third kappa shape index (κ3) is 4.02. The molecule has 0 saturated carbocycles. The maximum atomic E-state index is 14.8. The molecule has 0 amide bonds. The van der Waals surface area contributed by atoms with Crippen molar-refractivity contribution in [2.45, 2.75) is 44.3 Å². The van der Waals surface area contributed by atoms with Gasteiger partial charge in [-0.2, -0.15) is 9.97 Å². The van der Waals surface area contributed by atoms with Crippen molar-refractivity contribution in [3.63, 3.8) is 0 Å². The quantitative estimate of drug-likeness (QED) is 0.353. The van der Waals surface area contributed by atoms with Crippen molar-refractivity contribution in [1.29, 1.82) is 0 Å². The summed E-state index contributed by atoms with van der Waals surface area (Å²) in [6.45, 7) is 4.66. The Morgan fingerprint density at radius 2 is 2.05 bits per heavy atom. The van der Waals surface area contributed by atoms with E-state index in [9.17, 15) is 18.7 Å². The van der Waals surface area contributed by atoms with Crippen LogP contribution in [0.15, 0.2) is 33.5 Å². The minimum absolute atomic E-state index is 0.00395. The Hall–Kier alpha value is -4.23. The van der Waals surface area contributed by atoms with Gasteiger partial charge in [0.2, 0.25) is 0 Å². The van der Waals surface area contributed by atoms with Crippen molar-refractivity contribution in [2.75, 3.05) is 37.7 Å². The fourth-order valence-electron chi connectivity index (χ4n) is 6.69. The molecule has 2 atom stereocenters. The summed E-state index contributed by atoms with van der Waals surface area (Å²) in [5.74, 6) is 2.23. The van der Waals surface area contributed by atoms with E-state index in [0.717, 1.165) is 38.9 Å². The number of aromatic nitrogens is 2. The number of phenols is 1. The number of fused-ring (bicyclic) bond motifs is 3. The average molecular weight is 559 g/mol. The third-order valence-corrected chi connectivity index (χ3v) is 8.79. The smallest absolute Gasteiger partial charge is 0.349 e. The highest BCUT2D eigenvalue weighted by atomic mass is 19.1. The largest absolute Gasteiger partial charge is 0.508 e. The van der Waals surface area contributed by atoms with Gasteiger partial charge in [-0.1, -0.05) is 12.0 Å². The summed E-state index contributed by atoms with van der Waals surface area (Å²) in [6.07, 6.45) is 7.96. The molecule has 2 aromatic carbocycles. The standard InChI is InChI=1S/C31H28F2N4O4/c1-3-21-23(33)7-6-18-12-20(38)13-22(24(18)21)27-17(2)26-25(29(39)41-27)28(36-9-5-10-36)35-30(34-26)40-16-31-8-4-11-37(31)15-19(32)14-31/h1,6-7,12-13,19,38H,4-5,8-11,14-16H2,2H3/t19-,31+/m1/s1. The average Bonchev–Trinajstić information content (AvgIpc) is 3.43. The van der Waals surface area contributed by atoms with Crippen LogP contribution in [0.3, 0.4) is 0 Å². The molecule has 210 valence electrons. The van der Waals surface area contributed by atoms with Crippen LogP contribution in [0.25, 0.3) is 33.0 Å². The van der Waals surface area contributed by atoms with Crippen LogP contribution in [0, 0.1) is 25.1 Å². The lowest BCUT2D eigenvalue weighted by atomic mass is 9.95. The van der Waals surface area contributed by atoms with Crippen LogP contribution in [0.4, 0.5) is 14.6 Å². The molecule has 0 spiro atoms. The normalized spacial score (nSPS) is 22.2. The molecule has 7 rings (SSSR count). The fourth-order valence-corrected chi connectivity index (χ4v) is 6.69. The first-order valence-corrected chi connectivity index (χ1v) is 13.8. The van der Waals surface area contributed by atoms with Gasteiger partial charge in [0.05, 0.1) is 16.6 Å². The maximum Gasteiger partial charge on any atom is 0.349 e. The molecule has 10 heteroatoms. The molecular weight excluding hydrogens is 530 g/mol. The number of aromatic hydroxyl groups is 1. The van der Waals surface area contributed by atoms with Crippen molar-refractivity contribution < 1.29 is 23.0 Å². The van der Waals surface area contributed by atoms with Gasteiger partial charge in [0.15, 0.2) is 5.82 Å². The minimum atomic E-state index is -0.891. The van der Waals surface area contributed by atoms with E-state index in [1.807, 2.05) is 4.90 Å². The summed E-state index contributed by atoms with van der Waals surface area (Å²) < 4.78 is 41.1. The zero-order valence-corrected chi connectivity index (χ0v) is 22.5. The van der Waals surface area contributed by atoms with E-state index in [1.165, 1.54) is 24.3 Å². The van der Waals surface area contributed by atoms with Crippen molar-refractivity contribution in [2.24, 2.45) is 0 Å². The molecule has 3 aliphatic rings. The van der Waals surface area contributed by atoms with Crippen LogP contribution < -0.4 is 15.3 Å². The SMILES string of the molecule is C#Cc1c(F)ccc2cc(O)cc(-c3oc(=O)c4c(N5CCC5)nc(OC[C@@]56CCCN5C[C@H](F)C6)nc4c3C)c12. The van der Waals surface area contributed by atoms with E-state index in [2.05, 4.69) is 20.8 Å². The Morgan fingerprint density at radius 3 is 2.80 bits per heavy atom. The van der Waals surface area contributed by atoms with Crippen molar-refractivity contribution >= 4 is 27.5 Å². The van der Waals surface area contributed by atoms with Gasteiger partial charge in [-0.25, -0.2) is 13.6 Å². The van der Waals surface area contributed by atoms with Gasteiger partial charge in [0.1, 0.15) is 35.5 Å². The molecule has 1 N–H and O–H groups in total. The van der Waals surface area contributed by atoms with E-state index in [-0.39, 0.29) is 46.2 Å². The summed E-state index contributed by atoms with van der Waals surface area (Å²) in [6, 6.07) is 5.71. The lowest BCUT2D eigenvalue weighted by Crippen LogP contribution is -2.43. The molecule has 4 aromatic rings. The second-order valence-corrected chi connectivity index (χ2v) is 11.3. The van der Waals surface area contributed by atoms with Crippen molar-refractivity contribution in [3.8, 4) is 35.4 Å². The Balaban J connectivity index is 1.41. The van der Waals surface area contributed by atoms with Crippen LogP contribution in [0.2, 0.25) is 0 Å². The van der Waals surface area contributed by atoms with Crippen LogP contribution in [-0.2, 0) is 0 Å². The van der Waals surface area contributed by atoms with Gasteiger partial charge in [-0.3, -0.25) is 4.90 Å². The molecular formula is C31H28F2N4O4. The Labute approximate surface area is 234 Å². The van der Waals surface area contributed by atoms with Crippen LogP contribution in [-0.4, -0.2) is 64.5 Å². The summed E-state index contributed by atoms with van der Waals surface area (Å²) in [5, 5.41) is 11.5. The fraction of sp³-hybridized carbons (Fsp3) is 0.387. The van der Waals surface area contributed by atoms with E-state index in [1.54, 1.807) is 6.92 Å². The number of rotatable bonds is 5. The lowest BCUT2D eigenvalue weighted by molar-refractivity contribution is 0.107. The van der Waals surface area contributed by atoms with Crippen molar-refractivity contribution in [3.05, 3.63) is 51.6 Å². The zero-order chi connectivity index (χ0) is 28.5. The summed E-state index contributed by atoms with van der Waals surface area (Å²) in [5.41, 5.74) is 0.0281. The highest BCUT2D eigenvalue weighted by Crippen LogP contribution is 2.42. The molecule has 0 bridgehead atoms. The minimum Gasteiger partial charge on any atom is -0.508 e. The molecule has 0 unspecified atom stereocenters. The number of halogens is 2. The number of benzene rings is 2. The number of phenolic OH excluding ortho intramolecular Hbond substituents is 1. The van der Waals surface area contributed by atoms with Gasteiger partial charge >= 0.3 is 11.6 Å². The molecule has 0 radical (unpaired) electrons. The van der Waals surface area contributed by atoms with E-state index in [4.69, 9.17) is 15.6 Å². The summed E-state index contributed by atoms with van der Waals surface area (Å²) >= 11 is 0. The van der Waals surface area contributed by atoms with Gasteiger partial charge in [0, 0.05) is 42.6 Å². The lowest BCUT2D eigenvalue weighted by Gasteiger charge is -2.33. The first kappa shape index (κ1) is 25.7. The summed E-state index contributed by atoms with van der Waals surface area (Å²) in [4.78, 5) is 27.0. The molecule has 41 heavy (non-hydrogen) atoms. The molecule has 3 saturated heterocycles. The second kappa shape index (κ2) is 9.42. The van der Waals surface area contributed by atoms with Gasteiger partial charge in [0.25, 0.3) is 0 Å². The maximum absolute atomic E-state index is 14.8. The number of alkyl halides is 1. The molecule has 0 aliphatic carbocycles. The Kier molecular flexibility index (Phi) is 5.91. The van der Waals surface area contributed by atoms with Gasteiger partial charge < -0.3 is 19.2 Å². The predicted octanol–water partition coefficient (Wildman–Crippen LogP) is 4.70. The van der Waals surface area contributed by atoms with Crippen LogP contribution >= 0.6 is 0 Å². The number of ether oxygens (including phenoxy) is 1. The highest BCUT2D eigenvalue weighted by molar-refractivity contribution is 6.03. The van der Waals surface area contributed by atoms with E-state index >= 15 is 0 Å². The first-order valence-electron chi connectivity index (χ1n) is 13.8. The van der Waals surface area contributed by atoms with E-state index < -0.39 is 17.6 Å². The van der Waals surface area contributed by atoms with E-state index in [0.29, 0.717) is 40.6 Å². The Morgan fingerprint density at radius 1 is 1.22 bits per heavy atom. The highest BCUT2D eigenvalue weighted by Gasteiger charge is 2.49. The molecule has 2 aromatic heterocycles. The van der Waals surface area contributed by atoms with Gasteiger partial charge in [-0.05, 0) is 56.3 Å². The number of hydrogen-bond donors (Lipinski definition) is 1. The number of anilines is 1. The molecule has 3 aliphatic heterocycles. The third-order valence-electron chi connectivity index (χ3n) is 8.79. The van der Waals surface area contributed by atoms with Crippen LogP contribution in [0.1, 0.15) is 36.8 Å². The van der Waals surface area contributed by atoms with Crippen molar-refractivity contribution in [1.82, 2.24) is 14.9 Å². The predicted molar refractivity (Wildman–Crippen MR) is 151 cm³/mol. The number of nitrogens with zero attached hydrogens (tertiary/aromatic N) is 4. The Bertz CT molecular complexity index is 1830. The number of terminal acetylenes is 1. The second-order valence-electron chi connectivity index (χ2n) is 11.3.